The Morgan fingerprint density at radius 2 is 1.28 bits per heavy atom. The average Bonchev–Trinajstić information content (AvgIpc) is 3.51. The maximum atomic E-state index is 14.0. The molecule has 2 saturated heterocycles. The largest absolute Gasteiger partial charge is 0.480 e. The van der Waals surface area contributed by atoms with E-state index in [-0.39, 0.29) is 6.54 Å². The minimum Gasteiger partial charge on any atom is -0.480 e. The number of nitrogens with two attached hydrogens (primary N) is 1. The Hall–Kier alpha value is -3.63. The summed E-state index contributed by atoms with van der Waals surface area (Å²) in [5, 5.41) is 32.4. The molecule has 0 radical (unpaired) electrons. The smallest absolute Gasteiger partial charge is 0.322 e. The fourth-order valence-electron chi connectivity index (χ4n) is 5.46. The first kappa shape index (κ1) is 35.2. The van der Waals surface area contributed by atoms with Crippen LogP contribution in [0.3, 0.4) is 0 Å². The molecule has 2 aliphatic rings. The first-order valence-corrected chi connectivity index (χ1v) is 16.4. The molecule has 2 aromatic carbocycles. The predicted molar refractivity (Wildman–Crippen MR) is 176 cm³/mol. The number of carboxylic acids is 2. The van der Waals surface area contributed by atoms with Crippen LogP contribution in [0.25, 0.3) is 0 Å². The molecule has 3 unspecified atom stereocenters. The number of rotatable bonds is 12. The summed E-state index contributed by atoms with van der Waals surface area (Å²) in [6, 6.07) is 11.6. The summed E-state index contributed by atoms with van der Waals surface area (Å²) in [4.78, 5) is 64.7. The summed E-state index contributed by atoms with van der Waals surface area (Å²) in [6.07, 6.45) is 0. The van der Waals surface area contributed by atoms with Gasteiger partial charge >= 0.3 is 11.9 Å². The van der Waals surface area contributed by atoms with E-state index in [9.17, 15) is 34.2 Å². The highest BCUT2D eigenvalue weighted by atomic mass is 32.2. The van der Waals surface area contributed by atoms with Crippen molar-refractivity contribution in [2.75, 3.05) is 6.54 Å². The van der Waals surface area contributed by atoms with Crippen molar-refractivity contribution in [1.29, 1.82) is 0 Å². The number of benzene rings is 2. The van der Waals surface area contributed by atoms with Crippen LogP contribution in [0.2, 0.25) is 0 Å². The fourth-order valence-corrected chi connectivity index (χ4v) is 8.36. The maximum Gasteiger partial charge on any atom is 0.322 e. The molecular formula is C31H40N6O7S2. The highest BCUT2D eigenvalue weighted by Crippen LogP contribution is 2.40. The number of hydrogen-bond donors (Lipinski definition) is 8. The molecule has 3 amide bonds. The van der Waals surface area contributed by atoms with E-state index in [2.05, 4.69) is 26.6 Å². The average molecular weight is 673 g/mol. The Morgan fingerprint density at radius 3 is 1.80 bits per heavy atom. The van der Waals surface area contributed by atoms with E-state index >= 15 is 0 Å². The number of hydrogen-bond acceptors (Lipinski definition) is 10. The zero-order valence-electron chi connectivity index (χ0n) is 25.9. The Kier molecular flexibility index (Phi) is 11.0. The van der Waals surface area contributed by atoms with Crippen molar-refractivity contribution >= 4 is 53.2 Å². The lowest BCUT2D eigenvalue weighted by Crippen LogP contribution is -2.59. The minimum atomic E-state index is -1.32. The van der Waals surface area contributed by atoms with Crippen LogP contribution in [0.5, 0.6) is 0 Å². The number of carbonyl (C=O) groups is 5. The first-order chi connectivity index (χ1) is 21.6. The molecule has 2 aliphatic heterocycles. The number of aliphatic carboxylic acids is 2. The van der Waals surface area contributed by atoms with Gasteiger partial charge in [0.05, 0.1) is 10.7 Å². The van der Waals surface area contributed by atoms with Crippen molar-refractivity contribution in [3.05, 3.63) is 71.8 Å². The second-order valence-corrected chi connectivity index (χ2v) is 15.9. The van der Waals surface area contributed by atoms with Gasteiger partial charge in [-0.1, -0.05) is 60.7 Å². The van der Waals surface area contributed by atoms with Gasteiger partial charge in [0.25, 0.3) is 0 Å². The van der Waals surface area contributed by atoms with Gasteiger partial charge in [0.1, 0.15) is 30.2 Å². The standard InChI is InChI=1S/C31H40N6O7S2/c1-30(2)22(28(41)42)34-18(45-30)15-33-25(39)20(17-13-9-6-10-14-17)35-26(40)21(27-37-23(29(43)44)31(3,4)46-27)36-24(38)19(32)16-11-7-5-8-12-16/h5-14,18-23,27,34,37H,15,32H2,1-4H3,(H,33,39)(H,35,40)(H,36,38)(H,41,42)(H,43,44)/t18?,19-,20-,21?,22+,23+,27?/m1/s1. The molecule has 0 aromatic heterocycles. The van der Waals surface area contributed by atoms with Crippen molar-refractivity contribution in [2.45, 2.75) is 78.1 Å². The van der Waals surface area contributed by atoms with Gasteiger partial charge in [-0.2, -0.15) is 0 Å². The van der Waals surface area contributed by atoms with E-state index in [4.69, 9.17) is 5.73 Å². The molecule has 13 nitrogen and oxygen atoms in total. The summed E-state index contributed by atoms with van der Waals surface area (Å²) in [6.45, 7) is 7.14. The molecule has 4 rings (SSSR count). The Morgan fingerprint density at radius 1 is 0.761 bits per heavy atom. The topological polar surface area (TPSA) is 212 Å². The number of carbonyl (C=O) groups excluding carboxylic acids is 3. The molecule has 15 heteroatoms. The van der Waals surface area contributed by atoms with Crippen LogP contribution < -0.4 is 32.3 Å². The van der Waals surface area contributed by atoms with Gasteiger partial charge in [-0.15, -0.1) is 23.5 Å². The zero-order chi connectivity index (χ0) is 33.8. The lowest BCUT2D eigenvalue weighted by atomic mass is 10.0. The molecule has 0 saturated carbocycles. The van der Waals surface area contributed by atoms with Crippen LogP contribution in [0.15, 0.2) is 60.7 Å². The van der Waals surface area contributed by atoms with Gasteiger partial charge in [0.15, 0.2) is 0 Å². The minimum absolute atomic E-state index is 0.0799. The van der Waals surface area contributed by atoms with E-state index < -0.39 is 80.1 Å². The van der Waals surface area contributed by atoms with Gasteiger partial charge in [-0.25, -0.2) is 0 Å². The number of carboxylic acid groups (broad SMARTS) is 2. The summed E-state index contributed by atoms with van der Waals surface area (Å²) >= 11 is 2.57. The highest BCUT2D eigenvalue weighted by Gasteiger charge is 2.50. The van der Waals surface area contributed by atoms with E-state index in [1.807, 2.05) is 13.8 Å². The van der Waals surface area contributed by atoms with Gasteiger partial charge in [0, 0.05) is 16.0 Å². The Bertz CT molecular complexity index is 1450. The van der Waals surface area contributed by atoms with Crippen molar-refractivity contribution in [3.8, 4) is 0 Å². The Labute approximate surface area is 275 Å². The van der Waals surface area contributed by atoms with Gasteiger partial charge in [0.2, 0.25) is 17.7 Å². The van der Waals surface area contributed by atoms with Gasteiger partial charge in [-0.05, 0) is 38.8 Å². The number of nitrogens with one attached hydrogen (secondary N) is 5. The van der Waals surface area contributed by atoms with Crippen molar-refractivity contribution < 1.29 is 34.2 Å². The lowest BCUT2D eigenvalue weighted by molar-refractivity contribution is -0.141. The third-order valence-electron chi connectivity index (χ3n) is 7.91. The van der Waals surface area contributed by atoms with E-state index in [1.165, 1.54) is 23.5 Å². The quantitative estimate of drug-likeness (QED) is 0.158. The summed E-state index contributed by atoms with van der Waals surface area (Å²) in [5.41, 5.74) is 7.21. The maximum absolute atomic E-state index is 14.0. The van der Waals surface area contributed by atoms with E-state index in [1.54, 1.807) is 74.5 Å². The first-order valence-electron chi connectivity index (χ1n) is 14.7. The molecule has 248 valence electrons. The molecule has 0 bridgehead atoms. The van der Waals surface area contributed by atoms with Crippen molar-refractivity contribution in [1.82, 2.24) is 26.6 Å². The normalized spacial score (nSPS) is 25.1. The summed E-state index contributed by atoms with van der Waals surface area (Å²) < 4.78 is -1.46. The third-order valence-corrected chi connectivity index (χ3v) is 10.8. The van der Waals surface area contributed by atoms with Crippen LogP contribution >= 0.6 is 23.5 Å². The second-order valence-electron chi connectivity index (χ2n) is 12.2. The van der Waals surface area contributed by atoms with Crippen LogP contribution in [0.1, 0.15) is 50.9 Å². The predicted octanol–water partition coefficient (Wildman–Crippen LogP) is 0.934. The number of thioether (sulfide) groups is 2. The van der Waals surface area contributed by atoms with Crippen LogP contribution in [0, 0.1) is 0 Å². The number of amides is 3. The van der Waals surface area contributed by atoms with Crippen LogP contribution in [-0.2, 0) is 24.0 Å². The summed E-state index contributed by atoms with van der Waals surface area (Å²) in [5.74, 6) is -4.05. The summed E-state index contributed by atoms with van der Waals surface area (Å²) in [7, 11) is 0. The van der Waals surface area contributed by atoms with Crippen molar-refractivity contribution in [2.24, 2.45) is 5.73 Å². The molecule has 2 fully saturated rings. The fraction of sp³-hybridized carbons (Fsp3) is 0.452. The zero-order valence-corrected chi connectivity index (χ0v) is 27.5. The molecule has 0 aliphatic carbocycles. The molecule has 46 heavy (non-hydrogen) atoms. The second kappa shape index (κ2) is 14.4. The van der Waals surface area contributed by atoms with Crippen LogP contribution in [-0.4, -0.2) is 84.8 Å². The molecular weight excluding hydrogens is 633 g/mol. The SMILES string of the molecule is CC1(C)SC(CNC(=O)[C@H](NC(=O)C(NC(=O)[C@H](N)c2ccccc2)C2N[C@@H](C(=O)O)C(C)(C)S2)c2ccccc2)N[C@H]1C(=O)O. The van der Waals surface area contributed by atoms with E-state index in [0.717, 1.165) is 0 Å². The van der Waals surface area contributed by atoms with Gasteiger partial charge in [-0.3, -0.25) is 34.6 Å². The molecule has 0 spiro atoms. The van der Waals surface area contributed by atoms with Gasteiger partial charge < -0.3 is 31.9 Å². The molecule has 2 heterocycles. The highest BCUT2D eigenvalue weighted by molar-refractivity contribution is 8.01. The van der Waals surface area contributed by atoms with Crippen molar-refractivity contribution in [3.63, 3.8) is 0 Å². The van der Waals surface area contributed by atoms with E-state index in [0.29, 0.717) is 11.1 Å². The molecule has 2 aromatic rings. The Balaban J connectivity index is 1.56. The lowest BCUT2D eigenvalue weighted by Gasteiger charge is -2.28. The van der Waals surface area contributed by atoms with Crippen LogP contribution in [0.4, 0.5) is 0 Å². The molecule has 7 atom stereocenters. The monoisotopic (exact) mass is 672 g/mol. The third kappa shape index (κ3) is 8.20. The molecule has 9 N–H and O–H groups in total.